The van der Waals surface area contributed by atoms with Crippen LogP contribution >= 0.6 is 0 Å². The highest BCUT2D eigenvalue weighted by Crippen LogP contribution is 2.23. The number of hydrogen-bond acceptors (Lipinski definition) is 5. The van der Waals surface area contributed by atoms with Crippen molar-refractivity contribution in [2.45, 2.75) is 25.0 Å². The molecule has 2 aromatic heterocycles. The molecule has 0 aliphatic rings. The van der Waals surface area contributed by atoms with E-state index in [2.05, 4.69) is 9.97 Å². The number of pyridine rings is 2. The molecule has 5 nitrogen and oxygen atoms in total. The van der Waals surface area contributed by atoms with Crippen LogP contribution in [0.15, 0.2) is 72.8 Å². The molecule has 0 bridgehead atoms. The van der Waals surface area contributed by atoms with Crippen molar-refractivity contribution in [3.63, 3.8) is 0 Å². The minimum atomic E-state index is -1.01. The molecule has 0 unspecified atom stereocenters. The molecule has 0 aliphatic carbocycles. The molecule has 28 heavy (non-hydrogen) atoms. The number of hydrogen-bond donors (Lipinski definition) is 2. The SMILES string of the molecule is O=C(C[C@H](O)c1ccc2ccccc2n1)C[C@H](O)c1ccc2ccccc2n1. The Hall–Kier alpha value is -3.15. The molecule has 2 atom stereocenters. The van der Waals surface area contributed by atoms with Gasteiger partial charge in [-0.05, 0) is 24.3 Å². The van der Waals surface area contributed by atoms with Crippen molar-refractivity contribution >= 4 is 27.6 Å². The standard InChI is InChI=1S/C23H20N2O3/c26-17(13-22(27)20-11-9-15-5-1-3-7-18(15)24-20)14-23(28)21-12-10-16-6-2-4-8-19(16)25-21/h1-12,22-23,27-28H,13-14H2/t22-,23-/m0/s1. The average Bonchev–Trinajstić information content (AvgIpc) is 2.72. The minimum Gasteiger partial charge on any atom is -0.386 e. The molecule has 0 spiro atoms. The van der Waals surface area contributed by atoms with Gasteiger partial charge < -0.3 is 10.2 Å². The molecule has 0 fully saturated rings. The number of para-hydroxylation sites is 2. The normalized spacial score (nSPS) is 13.5. The van der Waals surface area contributed by atoms with Crippen LogP contribution in [-0.2, 0) is 4.79 Å². The van der Waals surface area contributed by atoms with Gasteiger partial charge in [0.2, 0.25) is 0 Å². The van der Waals surface area contributed by atoms with Crippen molar-refractivity contribution in [1.29, 1.82) is 0 Å². The molecule has 0 amide bonds. The van der Waals surface area contributed by atoms with Gasteiger partial charge in [-0.25, -0.2) is 0 Å². The van der Waals surface area contributed by atoms with Crippen LogP contribution in [0.3, 0.4) is 0 Å². The fraction of sp³-hybridized carbons (Fsp3) is 0.174. The second-order valence-corrected chi connectivity index (χ2v) is 6.84. The number of benzene rings is 2. The van der Waals surface area contributed by atoms with Crippen molar-refractivity contribution in [3.05, 3.63) is 84.2 Å². The maximum Gasteiger partial charge on any atom is 0.138 e. The first-order valence-electron chi connectivity index (χ1n) is 9.19. The highest BCUT2D eigenvalue weighted by molar-refractivity contribution is 5.81. The number of nitrogens with zero attached hydrogens (tertiary/aromatic N) is 2. The van der Waals surface area contributed by atoms with Gasteiger partial charge in [-0.3, -0.25) is 14.8 Å². The zero-order chi connectivity index (χ0) is 19.5. The monoisotopic (exact) mass is 372 g/mol. The van der Waals surface area contributed by atoms with Gasteiger partial charge in [0.15, 0.2) is 0 Å². The van der Waals surface area contributed by atoms with E-state index in [-0.39, 0.29) is 18.6 Å². The number of carbonyl (C=O) groups is 1. The van der Waals surface area contributed by atoms with E-state index in [1.807, 2.05) is 60.7 Å². The van der Waals surface area contributed by atoms with E-state index in [4.69, 9.17) is 0 Å². The topological polar surface area (TPSA) is 83.3 Å². The minimum absolute atomic E-state index is 0.101. The van der Waals surface area contributed by atoms with Crippen molar-refractivity contribution in [2.75, 3.05) is 0 Å². The predicted molar refractivity (Wildman–Crippen MR) is 108 cm³/mol. The summed E-state index contributed by atoms with van der Waals surface area (Å²) >= 11 is 0. The molecule has 5 heteroatoms. The number of aliphatic hydroxyl groups is 2. The number of ketones is 1. The third kappa shape index (κ3) is 3.91. The van der Waals surface area contributed by atoms with Gasteiger partial charge >= 0.3 is 0 Å². The number of rotatable bonds is 6. The Bertz CT molecular complexity index is 1050. The Morgan fingerprint density at radius 2 is 1.11 bits per heavy atom. The Morgan fingerprint density at radius 1 is 0.679 bits per heavy atom. The fourth-order valence-electron chi connectivity index (χ4n) is 3.26. The summed E-state index contributed by atoms with van der Waals surface area (Å²) in [6.07, 6.45) is -2.21. The summed E-state index contributed by atoms with van der Waals surface area (Å²) < 4.78 is 0. The summed E-state index contributed by atoms with van der Waals surface area (Å²) in [5.74, 6) is -0.245. The van der Waals surface area contributed by atoms with Crippen molar-refractivity contribution in [1.82, 2.24) is 9.97 Å². The third-order valence-corrected chi connectivity index (χ3v) is 4.76. The summed E-state index contributed by atoms with van der Waals surface area (Å²) in [4.78, 5) is 21.2. The van der Waals surface area contributed by atoms with E-state index in [9.17, 15) is 15.0 Å². The lowest BCUT2D eigenvalue weighted by atomic mass is 10.0. The lowest BCUT2D eigenvalue weighted by Crippen LogP contribution is -2.12. The third-order valence-electron chi connectivity index (χ3n) is 4.76. The summed E-state index contributed by atoms with van der Waals surface area (Å²) in [5, 5.41) is 22.7. The Morgan fingerprint density at radius 3 is 1.57 bits per heavy atom. The Balaban J connectivity index is 1.43. The number of carbonyl (C=O) groups excluding carboxylic acids is 1. The molecule has 2 aromatic carbocycles. The molecule has 0 saturated heterocycles. The molecule has 0 aliphatic heterocycles. The van der Waals surface area contributed by atoms with Gasteiger partial charge in [-0.1, -0.05) is 48.5 Å². The number of Topliss-reactive ketones (excluding diaryl/α,β-unsaturated/α-hetero) is 1. The molecule has 140 valence electrons. The molecule has 0 radical (unpaired) electrons. The first-order valence-corrected chi connectivity index (χ1v) is 9.19. The van der Waals surface area contributed by atoms with Crippen LogP contribution in [0, 0.1) is 0 Å². The molecular weight excluding hydrogens is 352 g/mol. The molecule has 2 heterocycles. The van der Waals surface area contributed by atoms with Crippen LogP contribution in [0.25, 0.3) is 21.8 Å². The van der Waals surface area contributed by atoms with Gasteiger partial charge in [0, 0.05) is 23.6 Å². The van der Waals surface area contributed by atoms with Gasteiger partial charge in [0.05, 0.1) is 22.4 Å². The van der Waals surface area contributed by atoms with Crippen molar-refractivity contribution in [2.24, 2.45) is 0 Å². The lowest BCUT2D eigenvalue weighted by molar-refractivity contribution is -0.123. The van der Waals surface area contributed by atoms with Gasteiger partial charge in [-0.2, -0.15) is 0 Å². The van der Waals surface area contributed by atoms with Crippen LogP contribution in [0.1, 0.15) is 36.4 Å². The summed E-state index contributed by atoms with van der Waals surface area (Å²) in [7, 11) is 0. The highest BCUT2D eigenvalue weighted by atomic mass is 16.3. The predicted octanol–water partition coefficient (Wildman–Crippen LogP) is 3.90. The second-order valence-electron chi connectivity index (χ2n) is 6.84. The number of fused-ring (bicyclic) bond motifs is 2. The van der Waals surface area contributed by atoms with Crippen LogP contribution < -0.4 is 0 Å². The van der Waals surface area contributed by atoms with Gasteiger partial charge in [0.1, 0.15) is 18.0 Å². The van der Waals surface area contributed by atoms with Crippen LogP contribution in [0.5, 0.6) is 0 Å². The second kappa shape index (κ2) is 7.84. The highest BCUT2D eigenvalue weighted by Gasteiger charge is 2.19. The fourth-order valence-corrected chi connectivity index (χ4v) is 3.26. The zero-order valence-corrected chi connectivity index (χ0v) is 15.2. The van der Waals surface area contributed by atoms with Gasteiger partial charge in [0.25, 0.3) is 0 Å². The quantitative estimate of drug-likeness (QED) is 0.536. The van der Waals surface area contributed by atoms with E-state index < -0.39 is 12.2 Å². The van der Waals surface area contributed by atoms with Crippen molar-refractivity contribution in [3.8, 4) is 0 Å². The number of aromatic nitrogens is 2. The number of aliphatic hydroxyl groups excluding tert-OH is 2. The smallest absolute Gasteiger partial charge is 0.138 e. The van der Waals surface area contributed by atoms with E-state index >= 15 is 0 Å². The molecular formula is C23H20N2O3. The zero-order valence-electron chi connectivity index (χ0n) is 15.2. The first kappa shape index (κ1) is 18.2. The van der Waals surface area contributed by atoms with Crippen LogP contribution in [0.2, 0.25) is 0 Å². The van der Waals surface area contributed by atoms with Gasteiger partial charge in [-0.15, -0.1) is 0 Å². The lowest BCUT2D eigenvalue weighted by Gasteiger charge is -2.13. The van der Waals surface area contributed by atoms with Crippen LogP contribution in [-0.4, -0.2) is 26.0 Å². The van der Waals surface area contributed by atoms with Crippen LogP contribution in [0.4, 0.5) is 0 Å². The van der Waals surface area contributed by atoms with E-state index in [0.717, 1.165) is 21.8 Å². The summed E-state index contributed by atoms with van der Waals surface area (Å²) in [6.45, 7) is 0. The first-order chi connectivity index (χ1) is 13.6. The van der Waals surface area contributed by atoms with E-state index in [0.29, 0.717) is 11.4 Å². The molecule has 2 N–H and O–H groups in total. The Kier molecular flexibility index (Phi) is 5.10. The summed E-state index contributed by atoms with van der Waals surface area (Å²) in [6, 6.07) is 22.4. The van der Waals surface area contributed by atoms with E-state index in [1.54, 1.807) is 12.1 Å². The molecule has 4 aromatic rings. The maximum absolute atomic E-state index is 12.4. The average molecular weight is 372 g/mol. The Labute approximate surface area is 162 Å². The van der Waals surface area contributed by atoms with Crippen molar-refractivity contribution < 1.29 is 15.0 Å². The molecule has 0 saturated carbocycles. The van der Waals surface area contributed by atoms with E-state index in [1.165, 1.54) is 0 Å². The molecule has 4 rings (SSSR count). The largest absolute Gasteiger partial charge is 0.386 e. The summed E-state index contributed by atoms with van der Waals surface area (Å²) in [5.41, 5.74) is 2.44. The maximum atomic E-state index is 12.4.